The number of aromatic carboxylic acids is 1. The Balaban J connectivity index is 1.75. The Labute approximate surface area is 156 Å². The number of fused-ring (bicyclic) bond motifs is 3. The summed E-state index contributed by atoms with van der Waals surface area (Å²) in [6.45, 7) is 2.17. The molecule has 0 unspecified atom stereocenters. The van der Waals surface area contributed by atoms with Crippen molar-refractivity contribution < 1.29 is 15.0 Å². The van der Waals surface area contributed by atoms with E-state index >= 15 is 0 Å². The highest BCUT2D eigenvalue weighted by Crippen LogP contribution is 2.57. The first kappa shape index (κ1) is 18.0. The van der Waals surface area contributed by atoms with Crippen LogP contribution in [0.15, 0.2) is 18.2 Å². The van der Waals surface area contributed by atoms with Gasteiger partial charge in [0.2, 0.25) is 0 Å². The van der Waals surface area contributed by atoms with Gasteiger partial charge in [0.1, 0.15) is 0 Å². The summed E-state index contributed by atoms with van der Waals surface area (Å²) in [6, 6.07) is 5.87. The maximum absolute atomic E-state index is 11.4. The third-order valence-corrected chi connectivity index (χ3v) is 7.40. The summed E-state index contributed by atoms with van der Waals surface area (Å²) in [5.74, 6) is 0.538. The minimum atomic E-state index is -0.828. The molecule has 3 atom stereocenters. The second-order valence-corrected chi connectivity index (χ2v) is 9.25. The predicted octanol–water partition coefficient (Wildman–Crippen LogP) is 5.09. The molecule has 2 N–H and O–H groups in total. The van der Waals surface area contributed by atoms with E-state index in [1.807, 2.05) is 12.1 Å². The third kappa shape index (κ3) is 3.19. The zero-order valence-electron chi connectivity index (χ0n) is 16.0. The lowest BCUT2D eigenvalue weighted by Crippen LogP contribution is -2.48. The quantitative estimate of drug-likeness (QED) is 0.772. The van der Waals surface area contributed by atoms with E-state index in [0.29, 0.717) is 11.5 Å². The summed E-state index contributed by atoms with van der Waals surface area (Å²) in [5, 5.41) is 20.6. The largest absolute Gasteiger partial charge is 0.478 e. The molecule has 2 saturated carbocycles. The van der Waals surface area contributed by atoms with Crippen molar-refractivity contribution in [3.05, 3.63) is 34.9 Å². The lowest BCUT2D eigenvalue weighted by Gasteiger charge is -2.51. The molecule has 1 aromatic carbocycles. The van der Waals surface area contributed by atoms with E-state index < -0.39 is 11.6 Å². The van der Waals surface area contributed by atoms with Crippen LogP contribution in [0.25, 0.3) is 0 Å². The van der Waals surface area contributed by atoms with E-state index in [1.165, 1.54) is 30.4 Å². The topological polar surface area (TPSA) is 57.5 Å². The van der Waals surface area contributed by atoms with Crippen molar-refractivity contribution in [3.8, 4) is 0 Å². The summed E-state index contributed by atoms with van der Waals surface area (Å²) in [7, 11) is 0. The van der Waals surface area contributed by atoms with Gasteiger partial charge in [0, 0.05) is 0 Å². The van der Waals surface area contributed by atoms with E-state index in [-0.39, 0.29) is 5.41 Å². The molecule has 0 bridgehead atoms. The molecule has 1 aromatic rings. The van der Waals surface area contributed by atoms with Gasteiger partial charge >= 0.3 is 5.97 Å². The van der Waals surface area contributed by atoms with Gasteiger partial charge in [-0.2, -0.15) is 0 Å². The molecule has 3 aliphatic rings. The van der Waals surface area contributed by atoms with Gasteiger partial charge in [-0.05, 0) is 91.9 Å². The fraction of sp³-hybridized carbons (Fsp3) is 0.696. The van der Waals surface area contributed by atoms with Gasteiger partial charge in [0.25, 0.3) is 0 Å². The highest BCUT2D eigenvalue weighted by molar-refractivity contribution is 5.88. The van der Waals surface area contributed by atoms with Crippen LogP contribution in [0.4, 0.5) is 0 Å². The maximum atomic E-state index is 11.4. The van der Waals surface area contributed by atoms with Crippen molar-refractivity contribution in [2.45, 2.75) is 88.6 Å². The van der Waals surface area contributed by atoms with Gasteiger partial charge < -0.3 is 10.2 Å². The first-order valence-electron chi connectivity index (χ1n) is 10.5. The van der Waals surface area contributed by atoms with Crippen LogP contribution in [0.2, 0.25) is 0 Å². The number of hydrogen-bond acceptors (Lipinski definition) is 2. The van der Waals surface area contributed by atoms with Crippen LogP contribution in [0.3, 0.4) is 0 Å². The first-order valence-corrected chi connectivity index (χ1v) is 10.5. The number of aryl methyl sites for hydroxylation is 1. The third-order valence-electron chi connectivity index (χ3n) is 7.40. The summed E-state index contributed by atoms with van der Waals surface area (Å²) < 4.78 is 0. The molecule has 0 spiro atoms. The van der Waals surface area contributed by atoms with Crippen molar-refractivity contribution in [1.29, 1.82) is 0 Å². The molecule has 3 nitrogen and oxygen atoms in total. The molecule has 0 radical (unpaired) electrons. The molecule has 0 amide bonds. The van der Waals surface area contributed by atoms with Crippen LogP contribution in [-0.2, 0) is 11.8 Å². The zero-order valence-corrected chi connectivity index (χ0v) is 16.0. The van der Waals surface area contributed by atoms with Crippen molar-refractivity contribution in [2.75, 3.05) is 0 Å². The summed E-state index contributed by atoms with van der Waals surface area (Å²) in [5.41, 5.74) is 2.76. The number of carbonyl (C=O) groups is 1. The van der Waals surface area contributed by atoms with Gasteiger partial charge in [-0.25, -0.2) is 4.79 Å². The second kappa shape index (κ2) is 6.67. The second-order valence-electron chi connectivity index (χ2n) is 9.25. The molecular formula is C23H32O3. The van der Waals surface area contributed by atoms with Crippen LogP contribution in [0.1, 0.15) is 92.6 Å². The average Bonchev–Trinajstić information content (AvgIpc) is 3.42. The van der Waals surface area contributed by atoms with Crippen molar-refractivity contribution in [3.63, 3.8) is 0 Å². The van der Waals surface area contributed by atoms with E-state index in [1.54, 1.807) is 0 Å². The monoisotopic (exact) mass is 356 g/mol. The predicted molar refractivity (Wildman–Crippen MR) is 103 cm³/mol. The minimum Gasteiger partial charge on any atom is -0.478 e. The normalized spacial score (nSPS) is 33.8. The average molecular weight is 357 g/mol. The van der Waals surface area contributed by atoms with Gasteiger partial charge in [-0.1, -0.05) is 32.3 Å². The van der Waals surface area contributed by atoms with E-state index in [4.69, 9.17) is 0 Å². The fourth-order valence-corrected chi connectivity index (χ4v) is 6.02. The molecule has 2 fully saturated rings. The first-order chi connectivity index (χ1) is 12.5. The molecule has 0 saturated heterocycles. The highest BCUT2D eigenvalue weighted by atomic mass is 16.4. The summed E-state index contributed by atoms with van der Waals surface area (Å²) >= 11 is 0. The molecule has 0 aliphatic heterocycles. The number of rotatable bonds is 5. The number of aliphatic hydroxyl groups is 1. The molecule has 142 valence electrons. The minimum absolute atomic E-state index is 0.157. The van der Waals surface area contributed by atoms with Crippen LogP contribution in [0.5, 0.6) is 0 Å². The molecule has 0 heterocycles. The number of carboxylic acids is 1. The Hall–Kier alpha value is -1.35. The molecule has 26 heavy (non-hydrogen) atoms. The van der Waals surface area contributed by atoms with E-state index in [2.05, 4.69) is 13.0 Å². The van der Waals surface area contributed by atoms with Gasteiger partial charge in [-0.15, -0.1) is 0 Å². The molecule has 3 heteroatoms. The van der Waals surface area contributed by atoms with E-state index in [9.17, 15) is 15.0 Å². The Morgan fingerprint density at radius 3 is 2.73 bits per heavy atom. The highest BCUT2D eigenvalue weighted by Gasteiger charge is 2.52. The number of carboxylic acid groups (broad SMARTS) is 1. The Morgan fingerprint density at radius 1 is 1.23 bits per heavy atom. The standard InChI is InChI=1S/C23H32O3/c1-2-10-22(26)11-12-23(14-16-6-7-16)19(15-22)5-3-4-17-13-18(21(24)25)8-9-20(17)23/h8-9,13,16,19,26H,2-7,10-12,14-15H2,1H3,(H,24,25)/t19-,22-,23+/m1/s1. The number of benzene rings is 1. The lowest BCUT2D eigenvalue weighted by molar-refractivity contribution is -0.0562. The molecular weight excluding hydrogens is 324 g/mol. The molecule has 4 rings (SSSR count). The van der Waals surface area contributed by atoms with E-state index in [0.717, 1.165) is 57.3 Å². The summed E-state index contributed by atoms with van der Waals surface area (Å²) in [4.78, 5) is 11.4. The van der Waals surface area contributed by atoms with Crippen LogP contribution >= 0.6 is 0 Å². The fourth-order valence-electron chi connectivity index (χ4n) is 6.02. The van der Waals surface area contributed by atoms with Gasteiger partial charge in [0.05, 0.1) is 11.2 Å². The smallest absolute Gasteiger partial charge is 0.335 e. The summed E-state index contributed by atoms with van der Waals surface area (Å²) in [6.07, 6.45) is 12.0. The Kier molecular flexibility index (Phi) is 4.63. The van der Waals surface area contributed by atoms with Crippen LogP contribution < -0.4 is 0 Å². The van der Waals surface area contributed by atoms with Crippen molar-refractivity contribution in [2.24, 2.45) is 11.8 Å². The molecule has 3 aliphatic carbocycles. The zero-order chi connectivity index (χ0) is 18.4. The Morgan fingerprint density at radius 2 is 2.04 bits per heavy atom. The lowest BCUT2D eigenvalue weighted by atomic mass is 9.55. The maximum Gasteiger partial charge on any atom is 0.335 e. The molecule has 0 aromatic heterocycles. The number of hydrogen-bond donors (Lipinski definition) is 2. The SMILES string of the molecule is CCC[C@@]1(O)CC[C@@]2(CC3CC3)c3ccc(C(=O)O)cc3CCC[C@@H]2C1. The van der Waals surface area contributed by atoms with Crippen LogP contribution in [-0.4, -0.2) is 21.8 Å². The van der Waals surface area contributed by atoms with Gasteiger partial charge in [0.15, 0.2) is 0 Å². The van der Waals surface area contributed by atoms with Gasteiger partial charge in [-0.3, -0.25) is 0 Å². The van der Waals surface area contributed by atoms with Crippen LogP contribution in [0, 0.1) is 11.8 Å². The van der Waals surface area contributed by atoms with Crippen molar-refractivity contribution in [1.82, 2.24) is 0 Å². The Bertz CT molecular complexity index is 693. The van der Waals surface area contributed by atoms with Crippen molar-refractivity contribution >= 4 is 5.97 Å².